The highest BCUT2D eigenvalue weighted by Crippen LogP contribution is 2.60. The monoisotopic (exact) mass is 323 g/mol. The summed E-state index contributed by atoms with van der Waals surface area (Å²) in [5, 5.41) is 8.24. The van der Waals surface area contributed by atoms with Crippen molar-refractivity contribution in [2.24, 2.45) is 23.2 Å². The summed E-state index contributed by atoms with van der Waals surface area (Å²) in [5.41, 5.74) is 2.73. The van der Waals surface area contributed by atoms with Gasteiger partial charge in [-0.05, 0) is 75.0 Å². The van der Waals surface area contributed by atoms with Gasteiger partial charge in [-0.15, -0.1) is 10.2 Å². The van der Waals surface area contributed by atoms with Crippen molar-refractivity contribution in [2.75, 3.05) is 6.61 Å². The van der Waals surface area contributed by atoms with E-state index in [1.165, 1.54) is 56.9 Å². The lowest BCUT2D eigenvalue weighted by Crippen LogP contribution is -2.39. The molecule has 4 fully saturated rings. The minimum atomic E-state index is 0.460. The average molecular weight is 323 g/mol. The molecule has 0 saturated heterocycles. The smallest absolute Gasteiger partial charge is 0.164 e. The van der Waals surface area contributed by atoms with Gasteiger partial charge < -0.3 is 4.74 Å². The van der Waals surface area contributed by atoms with Crippen molar-refractivity contribution in [3.8, 4) is 5.75 Å². The summed E-state index contributed by atoms with van der Waals surface area (Å²) in [6.07, 6.45) is 15.2. The van der Waals surface area contributed by atoms with E-state index in [2.05, 4.69) is 22.5 Å². The second kappa shape index (κ2) is 4.74. The molecule has 2 aromatic rings. The second-order valence-electron chi connectivity index (χ2n) is 9.06. The van der Waals surface area contributed by atoms with Crippen LogP contribution < -0.4 is 4.74 Å². The third-order valence-corrected chi connectivity index (χ3v) is 7.38. The molecule has 4 nitrogen and oxygen atoms in total. The Hall–Kier alpha value is -1.58. The Kier molecular flexibility index (Phi) is 2.70. The van der Waals surface area contributed by atoms with E-state index in [9.17, 15) is 0 Å². The zero-order valence-electron chi connectivity index (χ0n) is 14.2. The zero-order chi connectivity index (χ0) is 15.7. The Morgan fingerprint density at radius 1 is 1.17 bits per heavy atom. The lowest BCUT2D eigenvalue weighted by molar-refractivity contribution is 0.0223. The number of ether oxygens (including phenoxy) is 1. The molecule has 4 saturated carbocycles. The molecule has 2 heterocycles. The van der Waals surface area contributed by atoms with E-state index in [0.29, 0.717) is 11.3 Å². The molecule has 2 aromatic heterocycles. The first-order valence-corrected chi connectivity index (χ1v) is 9.74. The SMILES string of the molecule is c1c(OCC23CCC4CC(CC4C2)C3)c(C2CC2)cn2cnnc12. The highest BCUT2D eigenvalue weighted by molar-refractivity contribution is 5.49. The molecule has 0 aliphatic heterocycles. The van der Waals surface area contributed by atoms with Crippen LogP contribution in [0.5, 0.6) is 5.75 Å². The third-order valence-electron chi connectivity index (χ3n) is 7.38. The quantitative estimate of drug-likeness (QED) is 0.846. The molecular weight excluding hydrogens is 298 g/mol. The number of hydrogen-bond acceptors (Lipinski definition) is 3. The maximum atomic E-state index is 6.52. The number of fused-ring (bicyclic) bond motifs is 3. The lowest BCUT2D eigenvalue weighted by Gasteiger charge is -2.44. The number of rotatable bonds is 4. The van der Waals surface area contributed by atoms with Gasteiger partial charge in [-0.1, -0.05) is 0 Å². The predicted octanol–water partition coefficient (Wildman–Crippen LogP) is 4.20. The van der Waals surface area contributed by atoms with Crippen molar-refractivity contribution in [3.63, 3.8) is 0 Å². The van der Waals surface area contributed by atoms with E-state index in [1.807, 2.05) is 4.40 Å². The summed E-state index contributed by atoms with van der Waals surface area (Å²) >= 11 is 0. The van der Waals surface area contributed by atoms with Crippen LogP contribution in [0.2, 0.25) is 0 Å². The van der Waals surface area contributed by atoms with E-state index in [4.69, 9.17) is 4.74 Å². The van der Waals surface area contributed by atoms with Crippen molar-refractivity contribution >= 4 is 5.65 Å². The van der Waals surface area contributed by atoms with Crippen LogP contribution >= 0.6 is 0 Å². The van der Waals surface area contributed by atoms with Crippen molar-refractivity contribution in [3.05, 3.63) is 24.2 Å². The Bertz CT molecular complexity index is 791. The van der Waals surface area contributed by atoms with E-state index in [-0.39, 0.29) is 0 Å². The van der Waals surface area contributed by atoms with Gasteiger partial charge in [0.25, 0.3) is 0 Å². The van der Waals surface area contributed by atoms with E-state index < -0.39 is 0 Å². The van der Waals surface area contributed by atoms with Crippen LogP contribution in [0, 0.1) is 23.2 Å². The van der Waals surface area contributed by atoms with Crippen LogP contribution in [0.4, 0.5) is 0 Å². The molecule has 6 rings (SSSR count). The molecule has 0 radical (unpaired) electrons. The molecule has 126 valence electrons. The minimum absolute atomic E-state index is 0.460. The Morgan fingerprint density at radius 2 is 2.08 bits per heavy atom. The molecule has 24 heavy (non-hydrogen) atoms. The van der Waals surface area contributed by atoms with Crippen LogP contribution in [-0.4, -0.2) is 21.2 Å². The average Bonchev–Trinajstić information content (AvgIpc) is 3.28. The summed E-state index contributed by atoms with van der Waals surface area (Å²) in [6, 6.07) is 2.11. The number of pyridine rings is 1. The standard InChI is InChI=1S/C20H25N3O/c1-2-14(1)17-10-23-12-21-22-19(23)7-18(17)24-11-20-4-3-15-5-13(8-20)6-16(15)9-20/h7,10,12-16H,1-6,8-9,11H2. The fraction of sp³-hybridized carbons (Fsp3) is 0.700. The maximum Gasteiger partial charge on any atom is 0.164 e. The molecule has 4 atom stereocenters. The van der Waals surface area contributed by atoms with Crippen molar-refractivity contribution in [1.82, 2.24) is 14.6 Å². The molecular formula is C20H25N3O. The lowest BCUT2D eigenvalue weighted by atomic mass is 9.62. The minimum Gasteiger partial charge on any atom is -0.493 e. The van der Waals surface area contributed by atoms with Crippen molar-refractivity contribution in [1.29, 1.82) is 0 Å². The molecule has 4 heteroatoms. The van der Waals surface area contributed by atoms with Crippen molar-refractivity contribution in [2.45, 2.75) is 57.3 Å². The van der Waals surface area contributed by atoms with E-state index in [1.54, 1.807) is 6.33 Å². The molecule has 3 bridgehead atoms. The second-order valence-corrected chi connectivity index (χ2v) is 9.06. The molecule has 4 aliphatic rings. The number of aromatic nitrogens is 3. The fourth-order valence-electron chi connectivity index (χ4n) is 6.17. The van der Waals surface area contributed by atoms with Gasteiger partial charge in [0.15, 0.2) is 5.65 Å². The molecule has 0 N–H and O–H groups in total. The third kappa shape index (κ3) is 2.04. The van der Waals surface area contributed by atoms with Crippen LogP contribution in [0.3, 0.4) is 0 Å². The molecule has 4 aliphatic carbocycles. The van der Waals surface area contributed by atoms with Gasteiger partial charge in [0.05, 0.1) is 6.61 Å². The molecule has 4 unspecified atom stereocenters. The number of nitrogens with zero attached hydrogens (tertiary/aromatic N) is 3. The maximum absolute atomic E-state index is 6.52. The van der Waals surface area contributed by atoms with Gasteiger partial charge in [-0.25, -0.2) is 0 Å². The van der Waals surface area contributed by atoms with E-state index >= 15 is 0 Å². The number of hydrogen-bond donors (Lipinski definition) is 0. The topological polar surface area (TPSA) is 39.4 Å². The first-order chi connectivity index (χ1) is 11.8. The zero-order valence-corrected chi connectivity index (χ0v) is 14.2. The Labute approximate surface area is 142 Å². The van der Waals surface area contributed by atoms with Crippen LogP contribution in [-0.2, 0) is 0 Å². The predicted molar refractivity (Wildman–Crippen MR) is 91.1 cm³/mol. The highest BCUT2D eigenvalue weighted by atomic mass is 16.5. The molecule has 0 aromatic carbocycles. The van der Waals surface area contributed by atoms with Gasteiger partial charge in [0.2, 0.25) is 0 Å². The normalized spacial score (nSPS) is 37.2. The van der Waals surface area contributed by atoms with Gasteiger partial charge in [0, 0.05) is 23.2 Å². The molecule has 0 spiro atoms. The van der Waals surface area contributed by atoms with Crippen molar-refractivity contribution < 1.29 is 4.74 Å². The van der Waals surface area contributed by atoms with Crippen LogP contribution in [0.1, 0.15) is 62.8 Å². The Morgan fingerprint density at radius 3 is 3.00 bits per heavy atom. The van der Waals surface area contributed by atoms with Gasteiger partial charge in [0.1, 0.15) is 12.1 Å². The largest absolute Gasteiger partial charge is 0.493 e. The van der Waals surface area contributed by atoms with Gasteiger partial charge in [-0.3, -0.25) is 4.40 Å². The van der Waals surface area contributed by atoms with Gasteiger partial charge >= 0.3 is 0 Å². The molecule has 0 amide bonds. The summed E-state index contributed by atoms with van der Waals surface area (Å²) in [4.78, 5) is 0. The first-order valence-electron chi connectivity index (χ1n) is 9.74. The van der Waals surface area contributed by atoms with Crippen LogP contribution in [0.25, 0.3) is 5.65 Å². The summed E-state index contributed by atoms with van der Waals surface area (Å²) < 4.78 is 8.55. The fourth-order valence-corrected chi connectivity index (χ4v) is 6.17. The Balaban J connectivity index is 1.29. The van der Waals surface area contributed by atoms with Gasteiger partial charge in [-0.2, -0.15) is 0 Å². The first kappa shape index (κ1) is 13.7. The summed E-state index contributed by atoms with van der Waals surface area (Å²) in [7, 11) is 0. The van der Waals surface area contributed by atoms with E-state index in [0.717, 1.165) is 35.8 Å². The summed E-state index contributed by atoms with van der Waals surface area (Å²) in [6.45, 7) is 0.913. The summed E-state index contributed by atoms with van der Waals surface area (Å²) in [5.74, 6) is 4.79. The van der Waals surface area contributed by atoms with Crippen LogP contribution in [0.15, 0.2) is 18.6 Å². The highest BCUT2D eigenvalue weighted by Gasteiger charge is 2.52.